The van der Waals surface area contributed by atoms with Crippen LogP contribution in [-0.2, 0) is 20.5 Å². The van der Waals surface area contributed by atoms with E-state index >= 15 is 0 Å². The number of benzene rings is 1. The molecule has 0 saturated carbocycles. The largest absolute Gasteiger partial charge is 0.444 e. The molecule has 39 heavy (non-hydrogen) atoms. The first kappa shape index (κ1) is 26.6. The van der Waals surface area contributed by atoms with Gasteiger partial charge in [-0.05, 0) is 45.4 Å². The lowest BCUT2D eigenvalue weighted by Gasteiger charge is -2.40. The molecule has 1 aliphatic rings. The van der Waals surface area contributed by atoms with Crippen LogP contribution in [0.2, 0.25) is 0 Å². The molecule has 1 fully saturated rings. The van der Waals surface area contributed by atoms with Crippen LogP contribution in [0.3, 0.4) is 0 Å². The highest BCUT2D eigenvalue weighted by Crippen LogP contribution is 2.36. The van der Waals surface area contributed by atoms with Crippen LogP contribution in [0.4, 0.5) is 10.6 Å². The number of aromatic nitrogens is 4. The molecular formula is C28H32N6O4S. The molecule has 11 heteroatoms. The first-order valence-corrected chi connectivity index (χ1v) is 14.4. The van der Waals surface area contributed by atoms with Crippen LogP contribution in [0.15, 0.2) is 67.3 Å². The summed E-state index contributed by atoms with van der Waals surface area (Å²) in [5.74, 6) is 0.425. The SMILES string of the molecule is C[C@@H]1CN(c2ncnc3c2c(-c2ccccn2)cn3S(=O)(=O)Cc2ccccc2)CCN1C(=O)OC(C)(C)C. The van der Waals surface area contributed by atoms with Gasteiger partial charge < -0.3 is 14.5 Å². The van der Waals surface area contributed by atoms with Crippen molar-refractivity contribution in [1.29, 1.82) is 0 Å². The van der Waals surface area contributed by atoms with Crippen molar-refractivity contribution in [3.05, 3.63) is 72.8 Å². The molecule has 3 aromatic heterocycles. The molecule has 204 valence electrons. The maximum atomic E-state index is 13.6. The van der Waals surface area contributed by atoms with E-state index in [-0.39, 0.29) is 17.9 Å². The summed E-state index contributed by atoms with van der Waals surface area (Å²) in [7, 11) is -3.81. The van der Waals surface area contributed by atoms with Gasteiger partial charge in [-0.25, -0.2) is 27.2 Å². The fraction of sp³-hybridized carbons (Fsp3) is 0.357. The minimum absolute atomic E-state index is 0.152. The van der Waals surface area contributed by atoms with Gasteiger partial charge in [0.2, 0.25) is 10.0 Å². The highest BCUT2D eigenvalue weighted by molar-refractivity contribution is 7.89. The number of pyridine rings is 1. The van der Waals surface area contributed by atoms with E-state index in [1.54, 1.807) is 29.4 Å². The molecule has 1 saturated heterocycles. The van der Waals surface area contributed by atoms with Gasteiger partial charge in [0.15, 0.2) is 5.65 Å². The molecule has 4 aromatic rings. The van der Waals surface area contributed by atoms with Crippen molar-refractivity contribution in [3.63, 3.8) is 0 Å². The van der Waals surface area contributed by atoms with Crippen LogP contribution in [-0.4, -0.2) is 69.6 Å². The Morgan fingerprint density at radius 1 is 1.03 bits per heavy atom. The monoisotopic (exact) mass is 548 g/mol. The summed E-state index contributed by atoms with van der Waals surface area (Å²) in [5.41, 5.74) is 1.63. The maximum Gasteiger partial charge on any atom is 0.410 e. The Morgan fingerprint density at radius 2 is 1.77 bits per heavy atom. The number of fused-ring (bicyclic) bond motifs is 1. The molecule has 10 nitrogen and oxygen atoms in total. The molecule has 0 aliphatic carbocycles. The Bertz CT molecular complexity index is 1580. The maximum absolute atomic E-state index is 13.6. The number of hydrogen-bond donors (Lipinski definition) is 0. The van der Waals surface area contributed by atoms with Gasteiger partial charge >= 0.3 is 6.09 Å². The summed E-state index contributed by atoms with van der Waals surface area (Å²) in [4.78, 5) is 30.1. The summed E-state index contributed by atoms with van der Waals surface area (Å²) in [5, 5.41) is 0.603. The number of anilines is 1. The zero-order valence-corrected chi connectivity index (χ0v) is 23.3. The van der Waals surface area contributed by atoms with Crippen molar-refractivity contribution in [3.8, 4) is 11.3 Å². The van der Waals surface area contributed by atoms with E-state index in [4.69, 9.17) is 4.74 Å². The van der Waals surface area contributed by atoms with E-state index in [1.165, 1.54) is 10.3 Å². The first-order valence-electron chi connectivity index (χ1n) is 12.8. The van der Waals surface area contributed by atoms with Crippen molar-refractivity contribution in [2.45, 2.75) is 45.1 Å². The zero-order valence-electron chi connectivity index (χ0n) is 22.5. The summed E-state index contributed by atoms with van der Waals surface area (Å²) in [6.07, 6.45) is 4.29. The number of ether oxygens (including phenoxy) is 1. The Hall–Kier alpha value is -3.99. The molecule has 0 unspecified atom stereocenters. The van der Waals surface area contributed by atoms with Gasteiger partial charge in [-0.1, -0.05) is 36.4 Å². The number of carbonyl (C=O) groups excluding carboxylic acids is 1. The van der Waals surface area contributed by atoms with Crippen molar-refractivity contribution < 1.29 is 17.9 Å². The highest BCUT2D eigenvalue weighted by atomic mass is 32.2. The van der Waals surface area contributed by atoms with E-state index in [9.17, 15) is 13.2 Å². The molecule has 4 heterocycles. The van der Waals surface area contributed by atoms with Gasteiger partial charge in [0.1, 0.15) is 17.7 Å². The third kappa shape index (κ3) is 5.58. The lowest BCUT2D eigenvalue weighted by Crippen LogP contribution is -2.55. The standard InChI is InChI=1S/C28H32N6O4S/c1-20-16-32(14-15-33(20)27(35)38-28(2,3)4)25-24-22(23-12-8-9-13-29-23)17-34(26(24)31-19-30-25)39(36,37)18-21-10-6-5-7-11-21/h5-13,17,19-20H,14-16,18H2,1-4H3/t20-/m1/s1. The summed E-state index contributed by atoms with van der Waals surface area (Å²) in [6.45, 7) is 8.93. The third-order valence-electron chi connectivity index (χ3n) is 6.52. The Balaban J connectivity index is 1.56. The first-order chi connectivity index (χ1) is 18.5. The quantitative estimate of drug-likeness (QED) is 0.363. The van der Waals surface area contributed by atoms with Crippen LogP contribution in [0.5, 0.6) is 0 Å². The van der Waals surface area contributed by atoms with Gasteiger partial charge in [-0.15, -0.1) is 0 Å². The van der Waals surface area contributed by atoms with Crippen molar-refractivity contribution in [1.82, 2.24) is 23.8 Å². The summed E-state index contributed by atoms with van der Waals surface area (Å²) < 4.78 is 34.1. The molecule has 1 amide bonds. The second kappa shape index (κ2) is 10.3. The number of nitrogens with zero attached hydrogens (tertiary/aromatic N) is 6. The van der Waals surface area contributed by atoms with E-state index in [0.29, 0.717) is 53.3 Å². The normalized spacial score (nSPS) is 16.5. The molecule has 1 aliphatic heterocycles. The average molecular weight is 549 g/mol. The van der Waals surface area contributed by atoms with Crippen LogP contribution in [0.1, 0.15) is 33.3 Å². The minimum atomic E-state index is -3.81. The number of hydrogen-bond acceptors (Lipinski definition) is 8. The van der Waals surface area contributed by atoms with Crippen LogP contribution < -0.4 is 4.90 Å². The molecule has 1 atom stereocenters. The fourth-order valence-electron chi connectivity index (χ4n) is 4.78. The van der Waals surface area contributed by atoms with Crippen LogP contribution in [0.25, 0.3) is 22.3 Å². The van der Waals surface area contributed by atoms with Gasteiger partial charge in [0.25, 0.3) is 0 Å². The topological polar surface area (TPSA) is 111 Å². The van der Waals surface area contributed by atoms with Gasteiger partial charge in [-0.3, -0.25) is 4.98 Å². The molecule has 0 N–H and O–H groups in total. The fourth-order valence-corrected chi connectivity index (χ4v) is 6.20. The predicted molar refractivity (Wildman–Crippen MR) is 150 cm³/mol. The van der Waals surface area contributed by atoms with Crippen molar-refractivity contribution >= 4 is 33.0 Å². The second-order valence-corrected chi connectivity index (χ2v) is 12.5. The molecule has 0 spiro atoms. The Labute approximate surface area is 228 Å². The lowest BCUT2D eigenvalue weighted by molar-refractivity contribution is 0.0158. The second-order valence-electron chi connectivity index (χ2n) is 10.7. The summed E-state index contributed by atoms with van der Waals surface area (Å²) >= 11 is 0. The predicted octanol–water partition coefficient (Wildman–Crippen LogP) is 4.32. The minimum Gasteiger partial charge on any atom is -0.444 e. The Kier molecular flexibility index (Phi) is 7.02. The van der Waals surface area contributed by atoms with Crippen LogP contribution in [0, 0.1) is 0 Å². The van der Waals surface area contributed by atoms with Crippen LogP contribution >= 0.6 is 0 Å². The van der Waals surface area contributed by atoms with Gasteiger partial charge in [-0.2, -0.15) is 0 Å². The van der Waals surface area contributed by atoms with E-state index in [1.807, 2.05) is 64.1 Å². The highest BCUT2D eigenvalue weighted by Gasteiger charge is 2.33. The van der Waals surface area contributed by atoms with Gasteiger partial charge in [0, 0.05) is 43.6 Å². The van der Waals surface area contributed by atoms with E-state index in [0.717, 1.165) is 0 Å². The number of amides is 1. The summed E-state index contributed by atoms with van der Waals surface area (Å²) in [6, 6.07) is 14.4. The van der Waals surface area contributed by atoms with Crippen molar-refractivity contribution in [2.75, 3.05) is 24.5 Å². The third-order valence-corrected chi connectivity index (χ3v) is 8.10. The average Bonchev–Trinajstić information content (AvgIpc) is 3.29. The molecule has 5 rings (SSSR count). The number of carbonyl (C=O) groups is 1. The van der Waals surface area contributed by atoms with E-state index < -0.39 is 15.6 Å². The Morgan fingerprint density at radius 3 is 2.44 bits per heavy atom. The smallest absolute Gasteiger partial charge is 0.410 e. The molecular weight excluding hydrogens is 516 g/mol. The number of rotatable bonds is 5. The molecule has 0 bridgehead atoms. The number of piperazine rings is 1. The lowest BCUT2D eigenvalue weighted by atomic mass is 10.1. The zero-order chi connectivity index (χ0) is 27.8. The van der Waals surface area contributed by atoms with E-state index in [2.05, 4.69) is 19.9 Å². The molecule has 1 aromatic carbocycles. The van der Waals surface area contributed by atoms with Gasteiger partial charge in [0.05, 0.1) is 16.8 Å². The molecule has 0 radical (unpaired) electrons. The van der Waals surface area contributed by atoms with Crippen molar-refractivity contribution in [2.24, 2.45) is 0 Å².